The molecule has 0 unspecified atom stereocenters. The predicted octanol–water partition coefficient (Wildman–Crippen LogP) is 1.85. The summed E-state index contributed by atoms with van der Waals surface area (Å²) in [5, 5.41) is 2.95. The minimum Gasteiger partial charge on any atom is -0.378 e. The van der Waals surface area contributed by atoms with Gasteiger partial charge in [-0.15, -0.1) is 11.3 Å². The van der Waals surface area contributed by atoms with Gasteiger partial charge in [-0.3, -0.25) is 0 Å². The molecule has 1 aromatic rings. The van der Waals surface area contributed by atoms with E-state index in [4.69, 9.17) is 4.74 Å². The Morgan fingerprint density at radius 2 is 2.12 bits per heavy atom. The molecule has 0 aromatic carbocycles. The lowest BCUT2D eigenvalue weighted by Gasteiger charge is -2.26. The van der Waals surface area contributed by atoms with Crippen LogP contribution in [-0.2, 0) is 17.7 Å². The topological polar surface area (TPSA) is 41.6 Å². The molecule has 0 bridgehead atoms. The van der Waals surface area contributed by atoms with Crippen molar-refractivity contribution in [2.75, 3.05) is 26.3 Å². The van der Waals surface area contributed by atoms with Gasteiger partial charge in [0.2, 0.25) is 0 Å². The molecule has 1 aromatic heterocycles. The molecule has 1 aliphatic heterocycles. The van der Waals surface area contributed by atoms with Gasteiger partial charge in [0.05, 0.1) is 19.8 Å². The van der Waals surface area contributed by atoms with Crippen LogP contribution < -0.4 is 5.32 Å². The smallest absolute Gasteiger partial charge is 0.317 e. The Balaban J connectivity index is 1.78. The first-order valence-electron chi connectivity index (χ1n) is 5.97. The number of urea groups is 1. The molecule has 0 spiro atoms. The highest BCUT2D eigenvalue weighted by atomic mass is 32.1. The van der Waals surface area contributed by atoms with Crippen LogP contribution in [0.3, 0.4) is 0 Å². The number of hydrogen-bond donors (Lipinski definition) is 1. The fraction of sp³-hybridized carbons (Fsp3) is 0.583. The number of ether oxygens (including phenoxy) is 1. The van der Waals surface area contributed by atoms with E-state index in [9.17, 15) is 4.79 Å². The summed E-state index contributed by atoms with van der Waals surface area (Å²) in [6, 6.07) is 4.23. The molecule has 2 amide bonds. The second-order valence-electron chi connectivity index (χ2n) is 3.98. The average Bonchev–Trinajstić information content (AvgIpc) is 2.85. The van der Waals surface area contributed by atoms with Crippen molar-refractivity contribution in [1.29, 1.82) is 0 Å². The number of hydrogen-bond acceptors (Lipinski definition) is 3. The van der Waals surface area contributed by atoms with Crippen molar-refractivity contribution < 1.29 is 9.53 Å². The van der Waals surface area contributed by atoms with Gasteiger partial charge in [0.15, 0.2) is 0 Å². The molecule has 4 nitrogen and oxygen atoms in total. The van der Waals surface area contributed by atoms with Gasteiger partial charge in [0.1, 0.15) is 0 Å². The monoisotopic (exact) mass is 254 g/mol. The molecule has 0 radical (unpaired) electrons. The summed E-state index contributed by atoms with van der Waals surface area (Å²) in [7, 11) is 0. The Labute approximate surface area is 106 Å². The molecule has 0 saturated carbocycles. The zero-order valence-electron chi connectivity index (χ0n) is 10.1. The lowest BCUT2D eigenvalue weighted by atomic mass is 10.3. The van der Waals surface area contributed by atoms with Crippen LogP contribution in [0.25, 0.3) is 0 Å². The van der Waals surface area contributed by atoms with E-state index in [1.807, 2.05) is 0 Å². The normalized spacial score (nSPS) is 15.9. The molecule has 1 N–H and O–H groups in total. The Bertz CT molecular complexity index is 372. The molecule has 5 heteroatoms. The van der Waals surface area contributed by atoms with Crippen LogP contribution in [0.1, 0.15) is 16.7 Å². The van der Waals surface area contributed by atoms with E-state index < -0.39 is 0 Å². The Hall–Kier alpha value is -1.07. The lowest BCUT2D eigenvalue weighted by molar-refractivity contribution is 0.0531. The van der Waals surface area contributed by atoms with E-state index in [0.717, 1.165) is 6.42 Å². The summed E-state index contributed by atoms with van der Waals surface area (Å²) in [6.07, 6.45) is 1.06. The van der Waals surface area contributed by atoms with E-state index >= 15 is 0 Å². The summed E-state index contributed by atoms with van der Waals surface area (Å²) in [5.74, 6) is 0. The standard InChI is InChI=1S/C12H18N2O2S/c1-2-10-3-4-11(17-10)9-13-12(15)14-5-7-16-8-6-14/h3-4H,2,5-9H2,1H3,(H,13,15). The number of amides is 2. The highest BCUT2D eigenvalue weighted by Crippen LogP contribution is 2.16. The van der Waals surface area contributed by atoms with Crippen molar-refractivity contribution in [2.24, 2.45) is 0 Å². The maximum Gasteiger partial charge on any atom is 0.317 e. The summed E-state index contributed by atoms with van der Waals surface area (Å²) >= 11 is 1.76. The number of nitrogens with one attached hydrogen (secondary N) is 1. The van der Waals surface area contributed by atoms with Crippen molar-refractivity contribution >= 4 is 17.4 Å². The number of morpholine rings is 1. The highest BCUT2D eigenvalue weighted by molar-refractivity contribution is 7.11. The fourth-order valence-corrected chi connectivity index (χ4v) is 2.65. The van der Waals surface area contributed by atoms with Gasteiger partial charge < -0.3 is 15.0 Å². The molecule has 0 atom stereocenters. The Morgan fingerprint density at radius 1 is 1.41 bits per heavy atom. The molecular weight excluding hydrogens is 236 g/mol. The van der Waals surface area contributed by atoms with Crippen LogP contribution in [0.15, 0.2) is 12.1 Å². The van der Waals surface area contributed by atoms with E-state index in [0.29, 0.717) is 32.8 Å². The van der Waals surface area contributed by atoms with Gasteiger partial charge in [-0.1, -0.05) is 6.92 Å². The second-order valence-corrected chi connectivity index (χ2v) is 5.23. The van der Waals surface area contributed by atoms with Crippen LogP contribution in [0, 0.1) is 0 Å². The summed E-state index contributed by atoms with van der Waals surface area (Å²) < 4.78 is 5.21. The first kappa shape index (κ1) is 12.4. The number of thiophene rings is 1. The molecule has 1 fully saturated rings. The van der Waals surface area contributed by atoms with Gasteiger partial charge in [-0.2, -0.15) is 0 Å². The van der Waals surface area contributed by atoms with E-state index in [1.165, 1.54) is 9.75 Å². The van der Waals surface area contributed by atoms with Crippen molar-refractivity contribution in [3.63, 3.8) is 0 Å². The van der Waals surface area contributed by atoms with E-state index in [2.05, 4.69) is 24.4 Å². The third-order valence-electron chi connectivity index (χ3n) is 2.78. The fourth-order valence-electron chi connectivity index (χ4n) is 1.75. The van der Waals surface area contributed by atoms with Gasteiger partial charge in [-0.05, 0) is 18.6 Å². The second kappa shape index (κ2) is 6.02. The highest BCUT2D eigenvalue weighted by Gasteiger charge is 2.16. The van der Waals surface area contributed by atoms with Crippen LogP contribution in [0.4, 0.5) is 4.79 Å². The van der Waals surface area contributed by atoms with Crippen molar-refractivity contribution in [3.05, 3.63) is 21.9 Å². The number of aryl methyl sites for hydroxylation is 1. The largest absolute Gasteiger partial charge is 0.378 e. The van der Waals surface area contributed by atoms with Crippen LogP contribution in [-0.4, -0.2) is 37.2 Å². The zero-order chi connectivity index (χ0) is 12.1. The molecule has 1 saturated heterocycles. The molecule has 17 heavy (non-hydrogen) atoms. The molecule has 2 rings (SSSR count). The SMILES string of the molecule is CCc1ccc(CNC(=O)N2CCOCC2)s1. The minimum absolute atomic E-state index is 0.0137. The third kappa shape index (κ3) is 3.44. The summed E-state index contributed by atoms with van der Waals surface area (Å²) in [5.41, 5.74) is 0. The van der Waals surface area contributed by atoms with Crippen molar-refractivity contribution in [3.8, 4) is 0 Å². The van der Waals surface area contributed by atoms with Crippen LogP contribution >= 0.6 is 11.3 Å². The molecule has 0 aliphatic carbocycles. The van der Waals surface area contributed by atoms with Crippen LogP contribution in [0.5, 0.6) is 0 Å². The number of carbonyl (C=O) groups is 1. The molecular formula is C12H18N2O2S. The average molecular weight is 254 g/mol. The van der Waals surface area contributed by atoms with E-state index in [1.54, 1.807) is 16.2 Å². The Kier molecular flexibility index (Phi) is 4.39. The lowest BCUT2D eigenvalue weighted by Crippen LogP contribution is -2.45. The summed E-state index contributed by atoms with van der Waals surface area (Å²) in [4.78, 5) is 16.2. The molecule has 2 heterocycles. The summed E-state index contributed by atoms with van der Waals surface area (Å²) in [6.45, 7) is 5.44. The maximum absolute atomic E-state index is 11.8. The maximum atomic E-state index is 11.8. The van der Waals surface area contributed by atoms with E-state index in [-0.39, 0.29) is 6.03 Å². The predicted molar refractivity (Wildman–Crippen MR) is 68.3 cm³/mol. The van der Waals surface area contributed by atoms with Gasteiger partial charge in [0, 0.05) is 22.8 Å². The molecule has 1 aliphatic rings. The number of carbonyl (C=O) groups excluding carboxylic acids is 1. The number of rotatable bonds is 3. The first-order chi connectivity index (χ1) is 8.29. The van der Waals surface area contributed by atoms with Crippen LogP contribution in [0.2, 0.25) is 0 Å². The zero-order valence-corrected chi connectivity index (χ0v) is 10.9. The minimum atomic E-state index is 0.0137. The van der Waals surface area contributed by atoms with Crippen molar-refractivity contribution in [2.45, 2.75) is 19.9 Å². The van der Waals surface area contributed by atoms with Gasteiger partial charge in [0.25, 0.3) is 0 Å². The van der Waals surface area contributed by atoms with Gasteiger partial charge >= 0.3 is 6.03 Å². The molecule has 94 valence electrons. The first-order valence-corrected chi connectivity index (χ1v) is 6.79. The van der Waals surface area contributed by atoms with Gasteiger partial charge in [-0.25, -0.2) is 4.79 Å². The number of nitrogens with zero attached hydrogens (tertiary/aromatic N) is 1. The third-order valence-corrected chi connectivity index (χ3v) is 4.01. The van der Waals surface area contributed by atoms with Crippen molar-refractivity contribution in [1.82, 2.24) is 10.2 Å². The Morgan fingerprint density at radius 3 is 2.76 bits per heavy atom. The quantitative estimate of drug-likeness (QED) is 0.894.